The van der Waals surface area contributed by atoms with Gasteiger partial charge in [0.1, 0.15) is 18.0 Å². The summed E-state index contributed by atoms with van der Waals surface area (Å²) in [5.41, 5.74) is 0.178. The molecule has 1 N–H and O–H groups in total. The van der Waals surface area contributed by atoms with Gasteiger partial charge in [0.2, 0.25) is 5.91 Å². The molecule has 1 amide bonds. The molecule has 9 heteroatoms. The summed E-state index contributed by atoms with van der Waals surface area (Å²) in [6.45, 7) is 0.731. The molecule has 2 aromatic carbocycles. The first-order chi connectivity index (χ1) is 14.3. The molecule has 0 bridgehead atoms. The average Bonchev–Trinajstić information content (AvgIpc) is 2.68. The molecule has 1 aliphatic heterocycles. The summed E-state index contributed by atoms with van der Waals surface area (Å²) in [7, 11) is 0. The first-order valence-corrected chi connectivity index (χ1v) is 9.11. The number of alkyl halides is 3. The summed E-state index contributed by atoms with van der Waals surface area (Å²) in [5.74, 6) is -1.56. The van der Waals surface area contributed by atoms with Crippen molar-refractivity contribution in [1.29, 1.82) is 0 Å². The Morgan fingerprint density at radius 2 is 1.77 bits per heavy atom. The maximum Gasteiger partial charge on any atom is 0.419 e. The standard InChI is InChI=1S/C21H16F4N4O/c22-17-7-6-15(8-16(17)21(23,24)25)28-20(30)14-10-29(11-14)19-9-18(26-12-27-19)13-4-2-1-3-5-13/h1-9,12,14H,10-11H2,(H,28,30). The van der Waals surface area contributed by atoms with Crippen LogP contribution in [0.3, 0.4) is 0 Å². The van der Waals surface area contributed by atoms with Crippen LogP contribution < -0.4 is 10.2 Å². The normalized spacial score (nSPS) is 14.3. The minimum absolute atomic E-state index is 0.0967. The number of hydrogen-bond acceptors (Lipinski definition) is 4. The molecule has 0 aliphatic carbocycles. The van der Waals surface area contributed by atoms with Crippen molar-refractivity contribution in [3.05, 3.63) is 72.3 Å². The van der Waals surface area contributed by atoms with Gasteiger partial charge >= 0.3 is 6.18 Å². The third kappa shape index (κ3) is 4.10. The number of nitrogens with zero attached hydrogens (tertiary/aromatic N) is 3. The van der Waals surface area contributed by atoms with Crippen molar-refractivity contribution < 1.29 is 22.4 Å². The smallest absolute Gasteiger partial charge is 0.355 e. The Kier molecular flexibility index (Phi) is 5.11. The lowest BCUT2D eigenvalue weighted by Crippen LogP contribution is -2.52. The summed E-state index contributed by atoms with van der Waals surface area (Å²) < 4.78 is 51.9. The van der Waals surface area contributed by atoms with Crippen molar-refractivity contribution in [3.8, 4) is 11.3 Å². The van der Waals surface area contributed by atoms with Gasteiger partial charge < -0.3 is 10.2 Å². The van der Waals surface area contributed by atoms with Gasteiger partial charge in [-0.05, 0) is 18.2 Å². The fourth-order valence-electron chi connectivity index (χ4n) is 3.18. The average molecular weight is 416 g/mol. The Hall–Kier alpha value is -3.49. The number of benzene rings is 2. The van der Waals surface area contributed by atoms with E-state index in [9.17, 15) is 22.4 Å². The summed E-state index contributed by atoms with van der Waals surface area (Å²) in [6, 6.07) is 13.8. The molecule has 3 aromatic rings. The Labute approximate surface area is 169 Å². The van der Waals surface area contributed by atoms with Gasteiger partial charge in [-0.3, -0.25) is 4.79 Å². The molecule has 5 nitrogen and oxygen atoms in total. The van der Waals surface area contributed by atoms with Crippen LogP contribution in [0.4, 0.5) is 29.1 Å². The number of hydrogen-bond donors (Lipinski definition) is 1. The van der Waals surface area contributed by atoms with Gasteiger partial charge in [-0.25, -0.2) is 14.4 Å². The van der Waals surface area contributed by atoms with E-state index >= 15 is 0 Å². The Morgan fingerprint density at radius 1 is 1.03 bits per heavy atom. The Balaban J connectivity index is 1.40. The van der Waals surface area contributed by atoms with Crippen molar-refractivity contribution in [2.45, 2.75) is 6.18 Å². The molecule has 2 heterocycles. The first kappa shape index (κ1) is 19.8. The highest BCUT2D eigenvalue weighted by atomic mass is 19.4. The number of nitrogens with one attached hydrogen (secondary N) is 1. The molecule has 1 aliphatic rings. The second-order valence-corrected chi connectivity index (χ2v) is 6.91. The predicted octanol–water partition coefficient (Wildman–Crippen LogP) is 4.38. The first-order valence-electron chi connectivity index (χ1n) is 9.11. The Bertz CT molecular complexity index is 1070. The maximum atomic E-state index is 13.4. The van der Waals surface area contributed by atoms with Crippen LogP contribution in [-0.4, -0.2) is 29.0 Å². The van der Waals surface area contributed by atoms with E-state index < -0.39 is 29.4 Å². The fraction of sp³-hybridized carbons (Fsp3) is 0.190. The van der Waals surface area contributed by atoms with Gasteiger partial charge in [0.15, 0.2) is 0 Å². The molecule has 1 aromatic heterocycles. The summed E-state index contributed by atoms with van der Waals surface area (Å²) in [5, 5.41) is 2.43. The van der Waals surface area contributed by atoms with Gasteiger partial charge in [-0.2, -0.15) is 13.2 Å². The molecule has 0 radical (unpaired) electrons. The summed E-state index contributed by atoms with van der Waals surface area (Å²) >= 11 is 0. The van der Waals surface area contributed by atoms with Gasteiger partial charge in [-0.1, -0.05) is 30.3 Å². The minimum atomic E-state index is -4.83. The SMILES string of the molecule is O=C(Nc1ccc(F)c(C(F)(F)F)c1)C1CN(c2cc(-c3ccccc3)ncn2)C1. The molecular formula is C21H16F4N4O. The largest absolute Gasteiger partial charge is 0.419 e. The van der Waals surface area contributed by atoms with Gasteiger partial charge in [0.05, 0.1) is 17.2 Å². The van der Waals surface area contributed by atoms with E-state index in [0.717, 1.165) is 17.3 Å². The zero-order chi connectivity index (χ0) is 21.3. The van der Waals surface area contributed by atoms with E-state index in [1.165, 1.54) is 6.33 Å². The second-order valence-electron chi connectivity index (χ2n) is 6.91. The van der Waals surface area contributed by atoms with E-state index in [1.807, 2.05) is 41.3 Å². The number of halogens is 4. The minimum Gasteiger partial charge on any atom is -0.355 e. The summed E-state index contributed by atoms with van der Waals surface area (Å²) in [4.78, 5) is 22.7. The lowest BCUT2D eigenvalue weighted by molar-refractivity contribution is -0.140. The van der Waals surface area contributed by atoms with Crippen LogP contribution in [0.15, 0.2) is 60.9 Å². The lowest BCUT2D eigenvalue weighted by atomic mass is 9.98. The lowest BCUT2D eigenvalue weighted by Gasteiger charge is -2.39. The molecule has 0 spiro atoms. The van der Waals surface area contributed by atoms with Crippen LogP contribution in [0.2, 0.25) is 0 Å². The number of anilines is 2. The molecule has 0 saturated carbocycles. The number of amides is 1. The van der Waals surface area contributed by atoms with Crippen LogP contribution in [-0.2, 0) is 11.0 Å². The summed E-state index contributed by atoms with van der Waals surface area (Å²) in [6.07, 6.45) is -3.39. The van der Waals surface area contributed by atoms with Crippen LogP contribution in [0.5, 0.6) is 0 Å². The highest BCUT2D eigenvalue weighted by Gasteiger charge is 2.36. The van der Waals surface area contributed by atoms with Crippen molar-refractivity contribution in [2.24, 2.45) is 5.92 Å². The molecule has 154 valence electrons. The van der Waals surface area contributed by atoms with Crippen LogP contribution in [0.25, 0.3) is 11.3 Å². The molecular weight excluding hydrogens is 400 g/mol. The van der Waals surface area contributed by atoms with E-state index in [2.05, 4.69) is 15.3 Å². The second kappa shape index (κ2) is 7.74. The van der Waals surface area contributed by atoms with Crippen molar-refractivity contribution in [1.82, 2.24) is 9.97 Å². The molecule has 0 atom stereocenters. The number of aromatic nitrogens is 2. The van der Waals surface area contributed by atoms with E-state index in [4.69, 9.17) is 0 Å². The van der Waals surface area contributed by atoms with Crippen LogP contribution in [0, 0.1) is 11.7 Å². The van der Waals surface area contributed by atoms with Crippen LogP contribution >= 0.6 is 0 Å². The van der Waals surface area contributed by atoms with Crippen molar-refractivity contribution in [3.63, 3.8) is 0 Å². The Morgan fingerprint density at radius 3 is 2.47 bits per heavy atom. The quantitative estimate of drug-likeness (QED) is 0.642. The van der Waals surface area contributed by atoms with Crippen molar-refractivity contribution >= 4 is 17.4 Å². The highest BCUT2D eigenvalue weighted by Crippen LogP contribution is 2.33. The monoisotopic (exact) mass is 416 g/mol. The maximum absolute atomic E-state index is 13.4. The van der Waals surface area contributed by atoms with Gasteiger partial charge in [0.25, 0.3) is 0 Å². The van der Waals surface area contributed by atoms with Crippen molar-refractivity contribution in [2.75, 3.05) is 23.3 Å². The topological polar surface area (TPSA) is 58.1 Å². The van der Waals surface area contributed by atoms with Gasteiger partial charge in [0, 0.05) is 30.4 Å². The zero-order valence-corrected chi connectivity index (χ0v) is 15.5. The van der Waals surface area contributed by atoms with Crippen LogP contribution in [0.1, 0.15) is 5.56 Å². The molecule has 30 heavy (non-hydrogen) atoms. The van der Waals surface area contributed by atoms with E-state index in [-0.39, 0.29) is 5.69 Å². The fourth-order valence-corrected chi connectivity index (χ4v) is 3.18. The third-order valence-corrected chi connectivity index (χ3v) is 4.84. The number of carbonyl (C=O) groups is 1. The number of rotatable bonds is 4. The molecule has 1 fully saturated rings. The molecule has 0 unspecified atom stereocenters. The predicted molar refractivity (Wildman–Crippen MR) is 103 cm³/mol. The molecule has 1 saturated heterocycles. The van der Waals surface area contributed by atoms with Gasteiger partial charge in [-0.15, -0.1) is 0 Å². The molecule has 4 rings (SSSR count). The van der Waals surface area contributed by atoms with E-state index in [0.29, 0.717) is 31.0 Å². The third-order valence-electron chi connectivity index (χ3n) is 4.84. The van der Waals surface area contributed by atoms with E-state index in [1.54, 1.807) is 0 Å². The zero-order valence-electron chi connectivity index (χ0n) is 15.5. The number of carbonyl (C=O) groups excluding carboxylic acids is 1. The highest BCUT2D eigenvalue weighted by molar-refractivity contribution is 5.94.